The Labute approximate surface area is 53.9 Å². The van der Waals surface area contributed by atoms with Crippen molar-refractivity contribution in [3.8, 4) is 0 Å². The van der Waals surface area contributed by atoms with Gasteiger partial charge in [0, 0.05) is 24.4 Å². The van der Waals surface area contributed by atoms with Crippen molar-refractivity contribution in [2.45, 2.75) is 0 Å². The van der Waals surface area contributed by atoms with Gasteiger partial charge in [-0.25, -0.2) is 0 Å². The SMILES string of the molecule is CN/C=C(\C=N)SC. The normalized spacial score (nSPS) is 11.0. The maximum atomic E-state index is 6.81. The summed E-state index contributed by atoms with van der Waals surface area (Å²) in [5.74, 6) is 0. The number of allylic oxidation sites excluding steroid dienone is 1. The van der Waals surface area contributed by atoms with Crippen LogP contribution in [-0.4, -0.2) is 19.5 Å². The second kappa shape index (κ2) is 4.71. The third kappa shape index (κ3) is 2.69. The van der Waals surface area contributed by atoms with Crippen LogP contribution in [0.2, 0.25) is 0 Å². The molecule has 0 aliphatic heterocycles. The molecule has 0 saturated heterocycles. The van der Waals surface area contributed by atoms with E-state index >= 15 is 0 Å². The Balaban J connectivity index is 3.66. The average molecular weight is 130 g/mol. The molecule has 0 aliphatic rings. The van der Waals surface area contributed by atoms with Gasteiger partial charge in [0.15, 0.2) is 0 Å². The fourth-order valence-electron chi connectivity index (χ4n) is 0.302. The highest BCUT2D eigenvalue weighted by Gasteiger charge is 1.82. The Morgan fingerprint density at radius 3 is 2.50 bits per heavy atom. The predicted molar refractivity (Wildman–Crippen MR) is 39.4 cm³/mol. The lowest BCUT2D eigenvalue weighted by atomic mass is 10.6. The van der Waals surface area contributed by atoms with Gasteiger partial charge in [-0.1, -0.05) is 0 Å². The molecule has 0 spiro atoms. The first-order valence-corrected chi connectivity index (χ1v) is 3.49. The van der Waals surface area contributed by atoms with Gasteiger partial charge < -0.3 is 10.7 Å². The zero-order valence-corrected chi connectivity index (χ0v) is 5.88. The smallest absolute Gasteiger partial charge is 0.0402 e. The molecule has 0 atom stereocenters. The Kier molecular flexibility index (Phi) is 4.45. The molecule has 0 heterocycles. The summed E-state index contributed by atoms with van der Waals surface area (Å²) in [5.41, 5.74) is 0. The summed E-state index contributed by atoms with van der Waals surface area (Å²) in [5, 5.41) is 9.64. The van der Waals surface area contributed by atoms with Gasteiger partial charge in [0.2, 0.25) is 0 Å². The van der Waals surface area contributed by atoms with E-state index in [4.69, 9.17) is 5.41 Å². The molecule has 0 radical (unpaired) electrons. The van der Waals surface area contributed by atoms with Crippen LogP contribution in [0, 0.1) is 5.41 Å². The molecule has 46 valence electrons. The van der Waals surface area contributed by atoms with Crippen LogP contribution in [0.4, 0.5) is 0 Å². The Bertz CT molecular complexity index is 98.6. The Morgan fingerprint density at radius 1 is 1.75 bits per heavy atom. The molecule has 3 heteroatoms. The van der Waals surface area contributed by atoms with E-state index in [0.29, 0.717) is 0 Å². The van der Waals surface area contributed by atoms with Crippen molar-refractivity contribution in [2.75, 3.05) is 13.3 Å². The first-order valence-electron chi connectivity index (χ1n) is 2.27. The van der Waals surface area contributed by atoms with Gasteiger partial charge in [0.1, 0.15) is 0 Å². The summed E-state index contributed by atoms with van der Waals surface area (Å²) in [4.78, 5) is 0.938. The first kappa shape index (κ1) is 7.56. The average Bonchev–Trinajstić information content (AvgIpc) is 1.83. The van der Waals surface area contributed by atoms with Crippen LogP contribution < -0.4 is 5.32 Å². The minimum absolute atomic E-state index is 0.938. The van der Waals surface area contributed by atoms with Crippen molar-refractivity contribution in [1.82, 2.24) is 5.32 Å². The molecule has 0 rings (SSSR count). The zero-order chi connectivity index (χ0) is 6.41. The first-order chi connectivity index (χ1) is 3.85. The van der Waals surface area contributed by atoms with E-state index in [-0.39, 0.29) is 0 Å². The molecule has 2 N–H and O–H groups in total. The van der Waals surface area contributed by atoms with E-state index < -0.39 is 0 Å². The predicted octanol–water partition coefficient (Wildman–Crippen LogP) is 1.06. The van der Waals surface area contributed by atoms with Gasteiger partial charge in [-0.15, -0.1) is 11.8 Å². The van der Waals surface area contributed by atoms with Crippen LogP contribution in [0.1, 0.15) is 0 Å². The van der Waals surface area contributed by atoms with Crippen molar-refractivity contribution in [3.05, 3.63) is 11.1 Å². The molecule has 0 saturated carbocycles. The van der Waals surface area contributed by atoms with Gasteiger partial charge in [0.25, 0.3) is 0 Å². The van der Waals surface area contributed by atoms with Crippen molar-refractivity contribution in [1.29, 1.82) is 5.41 Å². The standard InChI is InChI=1S/C5H10N2S/c1-7-4-5(3-6)8-2/h3-4,6-7H,1-2H3/b5-4+,6-3?. The maximum absolute atomic E-state index is 6.81. The molecule has 0 amide bonds. The van der Waals surface area contributed by atoms with Crippen LogP contribution in [0.25, 0.3) is 0 Å². The van der Waals surface area contributed by atoms with Gasteiger partial charge in [0.05, 0.1) is 0 Å². The summed E-state index contributed by atoms with van der Waals surface area (Å²) < 4.78 is 0. The number of thioether (sulfide) groups is 1. The lowest BCUT2D eigenvalue weighted by Gasteiger charge is -1.91. The summed E-state index contributed by atoms with van der Waals surface area (Å²) >= 11 is 1.55. The monoisotopic (exact) mass is 130 g/mol. The fourth-order valence-corrected chi connectivity index (χ4v) is 0.655. The van der Waals surface area contributed by atoms with Crippen LogP contribution in [-0.2, 0) is 0 Å². The molecule has 0 aromatic rings. The molecule has 0 bridgehead atoms. The van der Waals surface area contributed by atoms with E-state index in [0.717, 1.165) is 4.91 Å². The van der Waals surface area contributed by atoms with Gasteiger partial charge >= 0.3 is 0 Å². The van der Waals surface area contributed by atoms with E-state index in [9.17, 15) is 0 Å². The van der Waals surface area contributed by atoms with Crippen LogP contribution in [0.15, 0.2) is 11.1 Å². The molecule has 8 heavy (non-hydrogen) atoms. The molecular weight excluding hydrogens is 120 g/mol. The van der Waals surface area contributed by atoms with E-state index in [2.05, 4.69) is 5.32 Å². The molecule has 0 fully saturated rings. The third-order valence-corrected chi connectivity index (χ3v) is 1.37. The number of nitrogens with one attached hydrogen (secondary N) is 2. The number of rotatable bonds is 3. The molecule has 0 aromatic heterocycles. The van der Waals surface area contributed by atoms with Crippen LogP contribution >= 0.6 is 11.8 Å². The summed E-state index contributed by atoms with van der Waals surface area (Å²) in [6.45, 7) is 0. The second-order valence-corrected chi connectivity index (χ2v) is 2.06. The Morgan fingerprint density at radius 2 is 2.38 bits per heavy atom. The maximum Gasteiger partial charge on any atom is 0.0402 e. The third-order valence-electron chi connectivity index (χ3n) is 0.665. The van der Waals surface area contributed by atoms with Crippen molar-refractivity contribution >= 4 is 18.0 Å². The lowest BCUT2D eigenvalue weighted by molar-refractivity contribution is 1.10. The Hall–Kier alpha value is -0.440. The van der Waals surface area contributed by atoms with Crippen LogP contribution in [0.5, 0.6) is 0 Å². The highest BCUT2D eigenvalue weighted by molar-refractivity contribution is 8.03. The van der Waals surface area contributed by atoms with Crippen LogP contribution in [0.3, 0.4) is 0 Å². The quantitative estimate of drug-likeness (QED) is 0.560. The molecule has 0 aliphatic carbocycles. The second-order valence-electron chi connectivity index (χ2n) is 1.18. The largest absolute Gasteiger partial charge is 0.393 e. The zero-order valence-electron chi connectivity index (χ0n) is 5.06. The highest BCUT2D eigenvalue weighted by Crippen LogP contribution is 2.04. The number of hydrogen-bond acceptors (Lipinski definition) is 3. The van der Waals surface area contributed by atoms with Gasteiger partial charge in [-0.05, 0) is 6.26 Å². The molecule has 0 unspecified atom stereocenters. The van der Waals surface area contributed by atoms with E-state index in [1.807, 2.05) is 13.3 Å². The summed E-state index contributed by atoms with van der Waals surface area (Å²) in [6, 6.07) is 0. The molecule has 0 aromatic carbocycles. The van der Waals surface area contributed by atoms with Crippen molar-refractivity contribution < 1.29 is 0 Å². The highest BCUT2D eigenvalue weighted by atomic mass is 32.2. The summed E-state index contributed by atoms with van der Waals surface area (Å²) in [7, 11) is 1.82. The topological polar surface area (TPSA) is 35.9 Å². The minimum Gasteiger partial charge on any atom is -0.393 e. The van der Waals surface area contributed by atoms with Crippen molar-refractivity contribution in [2.24, 2.45) is 0 Å². The number of hydrogen-bond donors (Lipinski definition) is 2. The fraction of sp³-hybridized carbons (Fsp3) is 0.400. The van der Waals surface area contributed by atoms with Gasteiger partial charge in [-0.3, -0.25) is 0 Å². The van der Waals surface area contributed by atoms with Crippen molar-refractivity contribution in [3.63, 3.8) is 0 Å². The van der Waals surface area contributed by atoms with E-state index in [1.54, 1.807) is 18.0 Å². The summed E-state index contributed by atoms with van der Waals surface area (Å²) in [6.07, 6.45) is 5.05. The minimum atomic E-state index is 0.938. The lowest BCUT2D eigenvalue weighted by Crippen LogP contribution is -1.94. The van der Waals surface area contributed by atoms with E-state index in [1.165, 1.54) is 6.21 Å². The molecular formula is C5H10N2S. The molecule has 2 nitrogen and oxygen atoms in total. The van der Waals surface area contributed by atoms with Gasteiger partial charge in [-0.2, -0.15) is 0 Å².